The third-order valence-corrected chi connectivity index (χ3v) is 5.25. The average molecular weight is 406 g/mol. The van der Waals surface area contributed by atoms with Crippen LogP contribution in [0.25, 0.3) is 10.1 Å². The molecule has 0 unspecified atom stereocenters. The Morgan fingerprint density at radius 1 is 1.18 bits per heavy atom. The number of hydrogen-bond acceptors (Lipinski definition) is 7. The Morgan fingerprint density at radius 3 is 2.68 bits per heavy atom. The van der Waals surface area contributed by atoms with E-state index in [2.05, 4.69) is 15.3 Å². The molecule has 0 bridgehead atoms. The van der Waals surface area contributed by atoms with Crippen molar-refractivity contribution in [3.63, 3.8) is 0 Å². The van der Waals surface area contributed by atoms with Crippen LogP contribution in [0.3, 0.4) is 0 Å². The van der Waals surface area contributed by atoms with E-state index in [0.29, 0.717) is 25.4 Å². The first-order chi connectivity index (χ1) is 13.3. The molecule has 7 nitrogen and oxygen atoms in total. The summed E-state index contributed by atoms with van der Waals surface area (Å²) in [5.41, 5.74) is 0.953. The minimum Gasteiger partial charge on any atom is -0.461 e. The molecule has 152 valence electrons. The fourth-order valence-corrected chi connectivity index (χ4v) is 3.95. The molecule has 0 aliphatic carbocycles. The number of hydrogen-bond donors (Lipinski definition) is 0. The molecule has 0 saturated carbocycles. The Balaban J connectivity index is 1.71. The number of esters is 1. The topological polar surface area (TPSA) is 72.0 Å². The number of amides is 1. The number of nitrogens with zero attached hydrogens (tertiary/aromatic N) is 3. The van der Waals surface area contributed by atoms with Gasteiger partial charge >= 0.3 is 12.1 Å². The summed E-state index contributed by atoms with van der Waals surface area (Å²) in [6.45, 7) is 10.6. The fourth-order valence-electron chi connectivity index (χ4n) is 3.15. The van der Waals surface area contributed by atoms with E-state index in [-0.39, 0.29) is 12.1 Å². The van der Waals surface area contributed by atoms with Gasteiger partial charge in [-0.2, -0.15) is 4.37 Å². The quantitative estimate of drug-likeness (QED) is 0.721. The Hall–Kier alpha value is -2.35. The van der Waals surface area contributed by atoms with Crippen LogP contribution in [0.4, 0.5) is 10.5 Å². The van der Waals surface area contributed by atoms with Crippen LogP contribution in [0.2, 0.25) is 0 Å². The lowest BCUT2D eigenvalue weighted by Gasteiger charge is -2.27. The highest BCUT2D eigenvalue weighted by molar-refractivity contribution is 7.13. The molecule has 1 aromatic carbocycles. The number of benzene rings is 1. The van der Waals surface area contributed by atoms with Crippen LogP contribution in [0, 0.1) is 0 Å². The van der Waals surface area contributed by atoms with Crippen molar-refractivity contribution in [3.8, 4) is 0 Å². The molecular weight excluding hydrogens is 378 g/mol. The second-order valence-corrected chi connectivity index (χ2v) is 8.55. The summed E-state index contributed by atoms with van der Waals surface area (Å²) in [5, 5.41) is 0.817. The highest BCUT2D eigenvalue weighted by Gasteiger charge is 2.25. The summed E-state index contributed by atoms with van der Waals surface area (Å²) in [6, 6.07) is 5.98. The maximum Gasteiger partial charge on any atom is 0.410 e. The molecular formula is C20H27N3O4S. The fraction of sp³-hybridized carbons (Fsp3) is 0.550. The van der Waals surface area contributed by atoms with Crippen molar-refractivity contribution in [1.29, 1.82) is 0 Å². The van der Waals surface area contributed by atoms with E-state index in [9.17, 15) is 9.59 Å². The lowest BCUT2D eigenvalue weighted by Crippen LogP contribution is -2.39. The smallest absolute Gasteiger partial charge is 0.410 e. The van der Waals surface area contributed by atoms with Crippen molar-refractivity contribution >= 4 is 39.4 Å². The van der Waals surface area contributed by atoms with Crippen LogP contribution >= 0.6 is 11.5 Å². The third-order valence-electron chi connectivity index (χ3n) is 4.44. The molecule has 1 amide bonds. The van der Waals surface area contributed by atoms with Crippen LogP contribution < -0.4 is 4.90 Å². The number of ether oxygens (including phenoxy) is 2. The Labute approximate surface area is 169 Å². The molecule has 8 heteroatoms. The first-order valence-electron chi connectivity index (χ1n) is 9.58. The molecule has 0 atom stereocenters. The molecule has 0 spiro atoms. The molecule has 0 N–H and O–H groups in total. The molecule has 28 heavy (non-hydrogen) atoms. The molecule has 3 rings (SSSR count). The van der Waals surface area contributed by atoms with Gasteiger partial charge in [-0.05, 0) is 63.8 Å². The van der Waals surface area contributed by atoms with Gasteiger partial charge in [-0.1, -0.05) is 0 Å². The Bertz CT molecular complexity index is 859. The first kappa shape index (κ1) is 20.4. The zero-order valence-corrected chi connectivity index (χ0v) is 17.7. The van der Waals surface area contributed by atoms with E-state index in [1.165, 1.54) is 11.5 Å². The minimum atomic E-state index is -0.489. The average Bonchev–Trinajstić information content (AvgIpc) is 2.88. The van der Waals surface area contributed by atoms with Crippen molar-refractivity contribution in [2.45, 2.75) is 39.7 Å². The van der Waals surface area contributed by atoms with Crippen LogP contribution in [0.15, 0.2) is 18.2 Å². The lowest BCUT2D eigenvalue weighted by molar-refractivity contribution is 0.0263. The Kier molecular flexibility index (Phi) is 6.07. The van der Waals surface area contributed by atoms with E-state index in [1.807, 2.05) is 32.9 Å². The van der Waals surface area contributed by atoms with E-state index in [0.717, 1.165) is 35.3 Å². The predicted molar refractivity (Wildman–Crippen MR) is 110 cm³/mol. The van der Waals surface area contributed by atoms with Gasteiger partial charge in [0.15, 0.2) is 5.69 Å². The zero-order valence-electron chi connectivity index (χ0n) is 16.9. The van der Waals surface area contributed by atoms with Crippen LogP contribution in [-0.2, 0) is 9.47 Å². The molecule has 1 aliphatic rings. The SMILES string of the molecule is CCOC(=O)c1nsc2cc(N3CCCN(C(=O)OC(C)(C)C)CC3)ccc12. The monoisotopic (exact) mass is 405 g/mol. The molecule has 1 saturated heterocycles. The van der Waals surface area contributed by atoms with Gasteiger partial charge in [0, 0.05) is 37.3 Å². The second kappa shape index (κ2) is 8.34. The number of carbonyl (C=O) groups excluding carboxylic acids is 2. The van der Waals surface area contributed by atoms with Gasteiger partial charge in [0.1, 0.15) is 5.60 Å². The van der Waals surface area contributed by atoms with Gasteiger partial charge < -0.3 is 19.3 Å². The lowest BCUT2D eigenvalue weighted by atomic mass is 10.2. The van der Waals surface area contributed by atoms with E-state index >= 15 is 0 Å². The number of anilines is 1. The van der Waals surface area contributed by atoms with Gasteiger partial charge in [-0.15, -0.1) is 0 Å². The normalized spacial score (nSPS) is 15.4. The van der Waals surface area contributed by atoms with Crippen LogP contribution in [0.1, 0.15) is 44.6 Å². The van der Waals surface area contributed by atoms with Gasteiger partial charge in [0.25, 0.3) is 0 Å². The molecule has 1 fully saturated rings. The highest BCUT2D eigenvalue weighted by Crippen LogP contribution is 2.29. The summed E-state index contributed by atoms with van der Waals surface area (Å²) in [7, 11) is 0. The van der Waals surface area contributed by atoms with Gasteiger partial charge in [0.05, 0.1) is 11.3 Å². The van der Waals surface area contributed by atoms with Crippen LogP contribution in [0.5, 0.6) is 0 Å². The largest absolute Gasteiger partial charge is 0.461 e. The molecule has 1 aromatic heterocycles. The summed E-state index contributed by atoms with van der Waals surface area (Å²) < 4.78 is 15.8. The number of carbonyl (C=O) groups is 2. The maximum atomic E-state index is 12.3. The van der Waals surface area contributed by atoms with Gasteiger partial charge in [0.2, 0.25) is 0 Å². The molecule has 2 aromatic rings. The van der Waals surface area contributed by atoms with Crippen molar-refractivity contribution in [2.24, 2.45) is 0 Å². The number of aromatic nitrogens is 1. The summed E-state index contributed by atoms with van der Waals surface area (Å²) in [5.74, 6) is -0.385. The van der Waals surface area contributed by atoms with E-state index < -0.39 is 5.60 Å². The number of fused-ring (bicyclic) bond motifs is 1. The first-order valence-corrected chi connectivity index (χ1v) is 10.4. The highest BCUT2D eigenvalue weighted by atomic mass is 32.1. The van der Waals surface area contributed by atoms with Crippen LogP contribution in [-0.4, -0.2) is 59.7 Å². The maximum absolute atomic E-state index is 12.3. The van der Waals surface area contributed by atoms with Crippen molar-refractivity contribution in [3.05, 3.63) is 23.9 Å². The minimum absolute atomic E-state index is 0.258. The second-order valence-electron chi connectivity index (χ2n) is 7.74. The van der Waals surface area contributed by atoms with Gasteiger partial charge in [-0.25, -0.2) is 9.59 Å². The Morgan fingerprint density at radius 2 is 1.96 bits per heavy atom. The van der Waals surface area contributed by atoms with Crippen molar-refractivity contribution < 1.29 is 19.1 Å². The number of rotatable bonds is 3. The molecule has 0 radical (unpaired) electrons. The van der Waals surface area contributed by atoms with Gasteiger partial charge in [-0.3, -0.25) is 0 Å². The van der Waals surface area contributed by atoms with Crippen molar-refractivity contribution in [1.82, 2.24) is 9.27 Å². The van der Waals surface area contributed by atoms with E-state index in [4.69, 9.17) is 9.47 Å². The van der Waals surface area contributed by atoms with Crippen molar-refractivity contribution in [2.75, 3.05) is 37.7 Å². The standard InChI is InChI=1S/C20H27N3O4S/c1-5-26-18(24)17-15-8-7-14(13-16(15)28-21-17)22-9-6-10-23(12-11-22)19(25)27-20(2,3)4/h7-8,13H,5-6,9-12H2,1-4H3. The summed E-state index contributed by atoms with van der Waals surface area (Å²) in [4.78, 5) is 28.4. The predicted octanol–water partition coefficient (Wildman–Crippen LogP) is 3.92. The molecule has 2 heterocycles. The third kappa shape index (κ3) is 4.73. The molecule has 1 aliphatic heterocycles. The summed E-state index contributed by atoms with van der Waals surface area (Å²) >= 11 is 1.30. The summed E-state index contributed by atoms with van der Waals surface area (Å²) in [6.07, 6.45) is 0.611. The zero-order chi connectivity index (χ0) is 20.3. The van der Waals surface area contributed by atoms with E-state index in [1.54, 1.807) is 11.8 Å².